The first-order valence-electron chi connectivity index (χ1n) is 2.21. The largest absolute Gasteiger partial charge is 0.514 e. The number of allylic oxidation sites excluding steroid dienone is 3. The molecule has 46 valence electrons. The lowest BCUT2D eigenvalue weighted by Crippen LogP contribution is -1.70. The first kappa shape index (κ1) is 7.44. The lowest BCUT2D eigenvalue weighted by atomic mass is 10.3. The smallest absolute Gasteiger partial charge is 0.142 e. The molecular formula is C6H5NO2. The second-order valence-electron chi connectivity index (χ2n) is 1.19. The molecule has 0 saturated carbocycles. The molecule has 0 heterocycles. The molecule has 0 atom stereocenters. The van der Waals surface area contributed by atoms with Gasteiger partial charge in [0, 0.05) is 0 Å². The average molecular weight is 123 g/mol. The number of hydrogen-bond donors (Lipinski definition) is 1. The number of nitrogens with zero attached hydrogens (tertiary/aromatic N) is 1. The highest BCUT2D eigenvalue weighted by Crippen LogP contribution is 1.89. The predicted molar refractivity (Wildman–Crippen MR) is 31.5 cm³/mol. The van der Waals surface area contributed by atoms with Crippen molar-refractivity contribution in [3.05, 3.63) is 24.0 Å². The molecule has 0 fully saturated rings. The van der Waals surface area contributed by atoms with Crippen LogP contribution in [0, 0.1) is 11.3 Å². The van der Waals surface area contributed by atoms with E-state index in [-0.39, 0.29) is 5.57 Å². The minimum Gasteiger partial charge on any atom is -0.514 e. The quantitative estimate of drug-likeness (QED) is 0.193. The topological polar surface area (TPSA) is 61.1 Å². The van der Waals surface area contributed by atoms with E-state index in [0.717, 1.165) is 6.08 Å². The lowest BCUT2D eigenvalue weighted by molar-refractivity contribution is -0.104. The van der Waals surface area contributed by atoms with E-state index in [0.29, 0.717) is 12.5 Å². The Morgan fingerprint density at radius 3 is 2.67 bits per heavy atom. The van der Waals surface area contributed by atoms with Gasteiger partial charge in [0.2, 0.25) is 0 Å². The lowest BCUT2D eigenvalue weighted by Gasteiger charge is -1.77. The van der Waals surface area contributed by atoms with E-state index in [1.54, 1.807) is 6.07 Å². The minimum atomic E-state index is 0.0575. The second kappa shape index (κ2) is 4.60. The van der Waals surface area contributed by atoms with Crippen LogP contribution in [0.3, 0.4) is 0 Å². The van der Waals surface area contributed by atoms with Gasteiger partial charge in [-0.3, -0.25) is 4.79 Å². The van der Waals surface area contributed by atoms with Crippen LogP contribution in [-0.4, -0.2) is 11.4 Å². The molecule has 0 aromatic heterocycles. The molecule has 0 bridgehead atoms. The van der Waals surface area contributed by atoms with Gasteiger partial charge in [0.15, 0.2) is 0 Å². The summed E-state index contributed by atoms with van der Waals surface area (Å²) in [5, 5.41) is 16.3. The van der Waals surface area contributed by atoms with E-state index in [2.05, 4.69) is 0 Å². The molecule has 0 radical (unpaired) electrons. The summed E-state index contributed by atoms with van der Waals surface area (Å²) in [6.45, 7) is 0. The van der Waals surface area contributed by atoms with Crippen LogP contribution in [0.25, 0.3) is 0 Å². The van der Waals surface area contributed by atoms with Crippen molar-refractivity contribution in [3.63, 3.8) is 0 Å². The third-order valence-electron chi connectivity index (χ3n) is 0.623. The van der Waals surface area contributed by atoms with Crippen LogP contribution >= 0.6 is 0 Å². The van der Waals surface area contributed by atoms with Crippen molar-refractivity contribution in [2.45, 2.75) is 0 Å². The number of carbonyl (C=O) groups is 1. The Labute approximate surface area is 52.5 Å². The molecule has 3 heteroatoms. The Balaban J connectivity index is 4.05. The van der Waals surface area contributed by atoms with Gasteiger partial charge < -0.3 is 5.11 Å². The molecule has 0 saturated heterocycles. The standard InChI is InChI=1S/C6H5NO2/c7-4-6(5-9)2-1-3-8/h1-3,5,9H/b2-1+,6-5+. The van der Waals surface area contributed by atoms with Gasteiger partial charge in [-0.2, -0.15) is 5.26 Å². The van der Waals surface area contributed by atoms with Crippen molar-refractivity contribution in [1.29, 1.82) is 5.26 Å². The van der Waals surface area contributed by atoms with Crippen LogP contribution < -0.4 is 0 Å². The van der Waals surface area contributed by atoms with Gasteiger partial charge in [0.25, 0.3) is 0 Å². The summed E-state index contributed by atoms with van der Waals surface area (Å²) in [6.07, 6.45) is 3.51. The van der Waals surface area contributed by atoms with Gasteiger partial charge in [-0.05, 0) is 12.2 Å². The number of aliphatic hydroxyl groups excluding tert-OH is 1. The Kier molecular flexibility index (Phi) is 3.80. The molecule has 0 aliphatic heterocycles. The fourth-order valence-electron chi connectivity index (χ4n) is 0.252. The molecule has 0 unspecified atom stereocenters. The minimum absolute atomic E-state index is 0.0575. The number of carbonyl (C=O) groups excluding carboxylic acids is 1. The summed E-state index contributed by atoms with van der Waals surface area (Å²) in [7, 11) is 0. The SMILES string of the molecule is N#CC(/C=C/C=O)=C/O. The van der Waals surface area contributed by atoms with E-state index >= 15 is 0 Å². The summed E-state index contributed by atoms with van der Waals surface area (Å²) in [4.78, 5) is 9.64. The number of aldehydes is 1. The summed E-state index contributed by atoms with van der Waals surface area (Å²) in [5.74, 6) is 0. The zero-order chi connectivity index (χ0) is 7.11. The second-order valence-corrected chi connectivity index (χ2v) is 1.19. The van der Waals surface area contributed by atoms with Crippen LogP contribution in [0.15, 0.2) is 24.0 Å². The van der Waals surface area contributed by atoms with Crippen LogP contribution in [0.2, 0.25) is 0 Å². The van der Waals surface area contributed by atoms with Crippen molar-refractivity contribution in [2.75, 3.05) is 0 Å². The Morgan fingerprint density at radius 2 is 2.33 bits per heavy atom. The third kappa shape index (κ3) is 3.06. The maximum Gasteiger partial charge on any atom is 0.142 e. The Bertz CT molecular complexity index is 186. The number of aliphatic hydroxyl groups is 1. The summed E-state index contributed by atoms with van der Waals surface area (Å²) < 4.78 is 0. The Hall–Kier alpha value is -1.56. The Morgan fingerprint density at radius 1 is 1.67 bits per heavy atom. The van der Waals surface area contributed by atoms with Crippen LogP contribution in [0.4, 0.5) is 0 Å². The molecule has 9 heavy (non-hydrogen) atoms. The highest BCUT2D eigenvalue weighted by Gasteiger charge is 1.82. The van der Waals surface area contributed by atoms with Gasteiger partial charge in [0.05, 0.1) is 11.8 Å². The van der Waals surface area contributed by atoms with Crippen molar-refractivity contribution in [3.8, 4) is 6.07 Å². The molecule has 0 aliphatic rings. The average Bonchev–Trinajstić information content (AvgIpc) is 1.91. The molecule has 0 rings (SSSR count). The highest BCUT2D eigenvalue weighted by atomic mass is 16.2. The van der Waals surface area contributed by atoms with Crippen LogP contribution in [0.1, 0.15) is 0 Å². The first-order valence-corrected chi connectivity index (χ1v) is 2.21. The van der Waals surface area contributed by atoms with E-state index < -0.39 is 0 Å². The molecule has 0 aromatic carbocycles. The first-order chi connectivity index (χ1) is 4.35. The van der Waals surface area contributed by atoms with E-state index in [1.807, 2.05) is 0 Å². The van der Waals surface area contributed by atoms with E-state index in [9.17, 15) is 4.79 Å². The molecule has 0 amide bonds. The third-order valence-corrected chi connectivity index (χ3v) is 0.623. The van der Waals surface area contributed by atoms with Crippen molar-refractivity contribution < 1.29 is 9.90 Å². The monoisotopic (exact) mass is 123 g/mol. The van der Waals surface area contributed by atoms with Gasteiger partial charge in [-0.25, -0.2) is 0 Å². The summed E-state index contributed by atoms with van der Waals surface area (Å²) in [5.41, 5.74) is 0.0575. The molecule has 0 aliphatic carbocycles. The summed E-state index contributed by atoms with van der Waals surface area (Å²) >= 11 is 0. The zero-order valence-electron chi connectivity index (χ0n) is 4.61. The maximum atomic E-state index is 9.64. The van der Waals surface area contributed by atoms with Gasteiger partial charge in [-0.1, -0.05) is 0 Å². The fourth-order valence-corrected chi connectivity index (χ4v) is 0.252. The predicted octanol–water partition coefficient (Wildman–Crippen LogP) is 0.707. The molecule has 1 N–H and O–H groups in total. The summed E-state index contributed by atoms with van der Waals surface area (Å²) in [6, 6.07) is 1.65. The van der Waals surface area contributed by atoms with E-state index in [1.165, 1.54) is 6.08 Å². The highest BCUT2D eigenvalue weighted by molar-refractivity contribution is 5.66. The van der Waals surface area contributed by atoms with Crippen molar-refractivity contribution in [1.82, 2.24) is 0 Å². The van der Waals surface area contributed by atoms with Crippen LogP contribution in [0.5, 0.6) is 0 Å². The molecule has 3 nitrogen and oxygen atoms in total. The molecule has 0 spiro atoms. The molecular weight excluding hydrogens is 118 g/mol. The van der Waals surface area contributed by atoms with Crippen molar-refractivity contribution >= 4 is 6.29 Å². The molecule has 0 aromatic rings. The van der Waals surface area contributed by atoms with Gasteiger partial charge in [-0.15, -0.1) is 0 Å². The van der Waals surface area contributed by atoms with Gasteiger partial charge >= 0.3 is 0 Å². The van der Waals surface area contributed by atoms with Crippen LogP contribution in [-0.2, 0) is 4.79 Å². The van der Waals surface area contributed by atoms with Crippen molar-refractivity contribution in [2.24, 2.45) is 0 Å². The van der Waals surface area contributed by atoms with E-state index in [4.69, 9.17) is 10.4 Å². The number of rotatable bonds is 2. The van der Waals surface area contributed by atoms with Gasteiger partial charge in [0.1, 0.15) is 12.4 Å². The maximum absolute atomic E-state index is 9.64. The zero-order valence-corrected chi connectivity index (χ0v) is 4.61. The number of nitriles is 1. The normalized spacial score (nSPS) is 11.2. The fraction of sp³-hybridized carbons (Fsp3) is 0. The number of hydrogen-bond acceptors (Lipinski definition) is 3.